The monoisotopic (exact) mass is 394 g/mol. The van der Waals surface area contributed by atoms with Crippen LogP contribution in [0, 0.1) is 5.82 Å². The molecule has 0 unspecified atom stereocenters. The van der Waals surface area contributed by atoms with Crippen molar-refractivity contribution in [2.75, 3.05) is 25.5 Å². The molecule has 0 saturated heterocycles. The molecule has 0 aromatic heterocycles. The predicted molar refractivity (Wildman–Crippen MR) is 104 cm³/mol. The van der Waals surface area contributed by atoms with Crippen LogP contribution < -0.4 is 10.6 Å². The Morgan fingerprint density at radius 1 is 1.26 bits per heavy atom. The van der Waals surface area contributed by atoms with E-state index in [0.29, 0.717) is 17.3 Å². The van der Waals surface area contributed by atoms with E-state index >= 15 is 0 Å². The molecule has 1 aromatic rings. The Bertz CT molecular complexity index is 737. The number of aliphatic imine (C=N–C) groups is 1. The molecule has 1 atom stereocenters. The van der Waals surface area contributed by atoms with Gasteiger partial charge >= 0.3 is 0 Å². The Kier molecular flexibility index (Phi) is 7.49. The third-order valence-corrected chi connectivity index (χ3v) is 4.70. The van der Waals surface area contributed by atoms with Gasteiger partial charge in [-0.15, -0.1) is 0 Å². The second-order valence-electron chi connectivity index (χ2n) is 6.60. The van der Waals surface area contributed by atoms with Crippen LogP contribution in [0.1, 0.15) is 20.3 Å². The molecule has 2 rings (SSSR count). The van der Waals surface area contributed by atoms with Gasteiger partial charge in [-0.25, -0.2) is 9.38 Å². The highest BCUT2D eigenvalue weighted by molar-refractivity contribution is 8.15. The van der Waals surface area contributed by atoms with Crippen molar-refractivity contribution < 1.29 is 18.8 Å². The molecule has 3 amide bonds. The van der Waals surface area contributed by atoms with Gasteiger partial charge in [0.1, 0.15) is 11.1 Å². The largest absolute Gasteiger partial charge is 0.353 e. The Morgan fingerprint density at radius 2 is 1.93 bits per heavy atom. The van der Waals surface area contributed by atoms with Crippen LogP contribution in [0.3, 0.4) is 0 Å². The highest BCUT2D eigenvalue weighted by Crippen LogP contribution is 2.26. The number of carbonyl (C=O) groups is 3. The third kappa shape index (κ3) is 7.10. The fourth-order valence-corrected chi connectivity index (χ4v) is 3.60. The van der Waals surface area contributed by atoms with Crippen molar-refractivity contribution in [3.8, 4) is 0 Å². The summed E-state index contributed by atoms with van der Waals surface area (Å²) >= 11 is 1.24. The molecule has 1 aliphatic rings. The van der Waals surface area contributed by atoms with Crippen LogP contribution in [0.2, 0.25) is 0 Å². The van der Waals surface area contributed by atoms with Gasteiger partial charge in [-0.1, -0.05) is 11.8 Å². The molecular weight excluding hydrogens is 371 g/mol. The number of likely N-dealkylation sites (N-methyl/N-ethyl adjacent to an activating group) is 1. The first-order chi connectivity index (χ1) is 12.7. The van der Waals surface area contributed by atoms with Crippen molar-refractivity contribution in [3.63, 3.8) is 0 Å². The van der Waals surface area contributed by atoms with Crippen LogP contribution in [0.5, 0.6) is 0 Å². The maximum absolute atomic E-state index is 12.9. The highest BCUT2D eigenvalue weighted by atomic mass is 32.2. The topological polar surface area (TPSA) is 90.9 Å². The van der Waals surface area contributed by atoms with Crippen molar-refractivity contribution in [3.05, 3.63) is 30.1 Å². The zero-order valence-corrected chi connectivity index (χ0v) is 16.3. The average molecular weight is 394 g/mol. The van der Waals surface area contributed by atoms with Crippen molar-refractivity contribution in [1.29, 1.82) is 0 Å². The fourth-order valence-electron chi connectivity index (χ4n) is 2.45. The van der Waals surface area contributed by atoms with Gasteiger partial charge in [0.15, 0.2) is 0 Å². The molecule has 0 spiro atoms. The lowest BCUT2D eigenvalue weighted by atomic mass is 10.2. The smallest absolute Gasteiger partial charge is 0.260 e. The number of thioether (sulfide) groups is 1. The average Bonchev–Trinajstić information content (AvgIpc) is 2.87. The van der Waals surface area contributed by atoms with E-state index in [9.17, 15) is 18.8 Å². The lowest BCUT2D eigenvalue weighted by Crippen LogP contribution is -2.39. The molecule has 0 radical (unpaired) electrons. The van der Waals surface area contributed by atoms with Crippen molar-refractivity contribution in [2.45, 2.75) is 31.6 Å². The number of rotatable bonds is 8. The van der Waals surface area contributed by atoms with Gasteiger partial charge < -0.3 is 10.6 Å². The Morgan fingerprint density at radius 3 is 2.56 bits per heavy atom. The first kappa shape index (κ1) is 21.0. The Hall–Kier alpha value is -2.26. The third-order valence-electron chi connectivity index (χ3n) is 3.56. The van der Waals surface area contributed by atoms with E-state index in [1.165, 1.54) is 36.0 Å². The molecule has 0 bridgehead atoms. The summed E-state index contributed by atoms with van der Waals surface area (Å²) in [7, 11) is 1.77. The van der Waals surface area contributed by atoms with Gasteiger partial charge in [0, 0.05) is 24.7 Å². The zero-order valence-electron chi connectivity index (χ0n) is 15.5. The van der Waals surface area contributed by atoms with Crippen molar-refractivity contribution in [1.82, 2.24) is 10.2 Å². The molecule has 0 fully saturated rings. The van der Waals surface area contributed by atoms with Gasteiger partial charge in [0.05, 0.1) is 11.6 Å². The Labute approximate surface area is 161 Å². The van der Waals surface area contributed by atoms with Crippen LogP contribution in [-0.2, 0) is 14.4 Å². The minimum absolute atomic E-state index is 0.0224. The summed E-state index contributed by atoms with van der Waals surface area (Å²) in [6.07, 6.45) is -0.0224. The second-order valence-corrected chi connectivity index (χ2v) is 7.88. The first-order valence-electron chi connectivity index (χ1n) is 8.54. The minimum Gasteiger partial charge on any atom is -0.353 e. The molecule has 2 N–H and O–H groups in total. The van der Waals surface area contributed by atoms with E-state index in [-0.39, 0.29) is 36.7 Å². The highest BCUT2D eigenvalue weighted by Gasteiger charge is 2.31. The number of hydrogen-bond donors (Lipinski definition) is 2. The van der Waals surface area contributed by atoms with Crippen molar-refractivity contribution in [2.24, 2.45) is 4.99 Å². The minimum atomic E-state index is -0.585. The summed E-state index contributed by atoms with van der Waals surface area (Å²) in [6.45, 7) is 4.32. The SMILES string of the molecule is CC(C)NC(=O)CN(C)CC1=NC(=O)[C@@H](CC(=O)Nc2ccc(F)cc2)S1. The van der Waals surface area contributed by atoms with Crippen LogP contribution in [0.25, 0.3) is 0 Å². The zero-order chi connectivity index (χ0) is 20.0. The van der Waals surface area contributed by atoms with E-state index in [4.69, 9.17) is 0 Å². The number of hydrogen-bond acceptors (Lipinski definition) is 5. The lowest BCUT2D eigenvalue weighted by molar-refractivity contribution is -0.122. The first-order valence-corrected chi connectivity index (χ1v) is 9.42. The van der Waals surface area contributed by atoms with Crippen LogP contribution in [0.15, 0.2) is 29.3 Å². The van der Waals surface area contributed by atoms with E-state index in [2.05, 4.69) is 15.6 Å². The molecule has 0 aliphatic carbocycles. The maximum Gasteiger partial charge on any atom is 0.260 e. The molecule has 1 aromatic carbocycles. The normalized spacial score (nSPS) is 16.6. The van der Waals surface area contributed by atoms with Crippen LogP contribution >= 0.6 is 11.8 Å². The molecule has 1 aliphatic heterocycles. The number of halogens is 1. The molecule has 146 valence electrons. The molecule has 9 heteroatoms. The molecule has 0 saturated carbocycles. The van der Waals surface area contributed by atoms with E-state index in [1.807, 2.05) is 13.8 Å². The molecular formula is C18H23FN4O3S. The summed E-state index contributed by atoms with van der Waals surface area (Å²) in [5.74, 6) is -1.19. The summed E-state index contributed by atoms with van der Waals surface area (Å²) in [5.41, 5.74) is 0.467. The number of amides is 3. The summed E-state index contributed by atoms with van der Waals surface area (Å²) < 4.78 is 12.9. The summed E-state index contributed by atoms with van der Waals surface area (Å²) in [4.78, 5) is 41.6. The van der Waals surface area contributed by atoms with Gasteiger partial charge in [-0.05, 0) is 45.2 Å². The van der Waals surface area contributed by atoms with Gasteiger partial charge in [-0.2, -0.15) is 0 Å². The van der Waals surface area contributed by atoms with Gasteiger partial charge in [0.2, 0.25) is 11.8 Å². The quantitative estimate of drug-likeness (QED) is 0.700. The number of nitrogens with one attached hydrogen (secondary N) is 2. The molecule has 27 heavy (non-hydrogen) atoms. The number of carbonyl (C=O) groups excluding carboxylic acids is 3. The summed E-state index contributed by atoms with van der Waals surface area (Å²) in [5, 5.41) is 5.43. The van der Waals surface area contributed by atoms with E-state index < -0.39 is 11.1 Å². The predicted octanol–water partition coefficient (Wildman–Crippen LogP) is 1.65. The van der Waals surface area contributed by atoms with Crippen LogP contribution in [0.4, 0.5) is 10.1 Å². The molecule has 1 heterocycles. The fraction of sp³-hybridized carbons (Fsp3) is 0.444. The lowest BCUT2D eigenvalue weighted by Gasteiger charge is -2.17. The van der Waals surface area contributed by atoms with E-state index in [1.54, 1.807) is 11.9 Å². The number of anilines is 1. The second kappa shape index (κ2) is 9.61. The van der Waals surface area contributed by atoms with E-state index in [0.717, 1.165) is 0 Å². The molecule has 7 nitrogen and oxygen atoms in total. The van der Waals surface area contributed by atoms with Crippen LogP contribution in [-0.4, -0.2) is 59.1 Å². The standard InChI is InChI=1S/C18H23FN4O3S/c1-11(2)20-16(25)9-23(3)10-17-22-18(26)14(27-17)8-15(24)21-13-6-4-12(19)5-7-13/h4-7,11,14H,8-10H2,1-3H3,(H,20,25)(H,21,24)/t14-/m1/s1. The summed E-state index contributed by atoms with van der Waals surface area (Å²) in [6, 6.07) is 5.47. The Balaban J connectivity index is 1.79. The number of benzene rings is 1. The maximum atomic E-state index is 12.9. The number of nitrogens with zero attached hydrogens (tertiary/aromatic N) is 2. The van der Waals surface area contributed by atoms with Crippen molar-refractivity contribution >= 4 is 40.2 Å². The van der Waals surface area contributed by atoms with Gasteiger partial charge in [-0.3, -0.25) is 19.3 Å². The van der Waals surface area contributed by atoms with Gasteiger partial charge in [0.25, 0.3) is 5.91 Å².